The number of halogens is 3. The Morgan fingerprint density at radius 3 is 2.46 bits per heavy atom. The summed E-state index contributed by atoms with van der Waals surface area (Å²) in [7, 11) is 1.42. The average molecular weight is 480 g/mol. The fourth-order valence-corrected chi connectivity index (χ4v) is 3.84. The Balaban J connectivity index is 1.96. The molecule has 0 aliphatic heterocycles. The number of hydrogen-bond donors (Lipinski definition) is 1. The number of nitrogens with zero attached hydrogens (tertiary/aromatic N) is 5. The molecule has 2 heterocycles. The van der Waals surface area contributed by atoms with E-state index in [9.17, 15) is 22.8 Å². The van der Waals surface area contributed by atoms with Gasteiger partial charge in [-0.25, -0.2) is 9.48 Å². The second kappa shape index (κ2) is 8.98. The van der Waals surface area contributed by atoms with Gasteiger partial charge in [-0.2, -0.15) is 23.5 Å². The fraction of sp³-hybridized carbons (Fsp3) is 0.167. The fourth-order valence-electron chi connectivity index (χ4n) is 3.84. The van der Waals surface area contributed by atoms with Crippen molar-refractivity contribution in [1.82, 2.24) is 24.2 Å². The summed E-state index contributed by atoms with van der Waals surface area (Å²) in [6, 6.07) is 14.7. The number of alkyl halides is 3. The number of carbonyl (C=O) groups excluding carboxylic acids is 1. The van der Waals surface area contributed by atoms with Crippen LogP contribution in [0.4, 0.5) is 13.2 Å². The van der Waals surface area contributed by atoms with Gasteiger partial charge < -0.3 is 5.32 Å². The van der Waals surface area contributed by atoms with Crippen LogP contribution < -0.4 is 11.0 Å². The van der Waals surface area contributed by atoms with Crippen LogP contribution in [0.25, 0.3) is 22.8 Å². The molecule has 0 bridgehead atoms. The normalized spacial score (nSPS) is 11.3. The molecular formula is C24H19F3N6O2. The van der Waals surface area contributed by atoms with E-state index in [0.717, 1.165) is 16.7 Å². The molecule has 8 nitrogen and oxygen atoms in total. The van der Waals surface area contributed by atoms with E-state index in [0.29, 0.717) is 28.3 Å². The zero-order valence-corrected chi connectivity index (χ0v) is 18.7. The summed E-state index contributed by atoms with van der Waals surface area (Å²) < 4.78 is 43.9. The van der Waals surface area contributed by atoms with Gasteiger partial charge in [-0.15, -0.1) is 0 Å². The van der Waals surface area contributed by atoms with Gasteiger partial charge in [0.05, 0.1) is 51.8 Å². The third-order valence-electron chi connectivity index (χ3n) is 5.51. The van der Waals surface area contributed by atoms with Crippen LogP contribution in [0.5, 0.6) is 0 Å². The molecule has 2 aromatic heterocycles. The second-order valence-corrected chi connectivity index (χ2v) is 7.65. The van der Waals surface area contributed by atoms with E-state index in [4.69, 9.17) is 5.26 Å². The largest absolute Gasteiger partial charge is 0.416 e. The lowest BCUT2D eigenvalue weighted by Crippen LogP contribution is -2.31. The minimum absolute atomic E-state index is 0.0173. The van der Waals surface area contributed by atoms with Gasteiger partial charge in [0.15, 0.2) is 0 Å². The van der Waals surface area contributed by atoms with Crippen molar-refractivity contribution in [2.45, 2.75) is 19.6 Å². The van der Waals surface area contributed by atoms with Crippen molar-refractivity contribution in [1.29, 1.82) is 5.26 Å². The van der Waals surface area contributed by atoms with E-state index in [1.165, 1.54) is 34.6 Å². The van der Waals surface area contributed by atoms with Gasteiger partial charge in [-0.1, -0.05) is 6.07 Å². The molecule has 0 spiro atoms. The molecule has 0 radical (unpaired) electrons. The highest BCUT2D eigenvalue weighted by Gasteiger charge is 2.31. The molecule has 0 aliphatic rings. The number of likely N-dealkylation sites (N-methyl/N-ethyl adjacent to an activating group) is 1. The van der Waals surface area contributed by atoms with Crippen LogP contribution in [0.15, 0.2) is 65.6 Å². The van der Waals surface area contributed by atoms with Crippen molar-refractivity contribution in [2.24, 2.45) is 0 Å². The van der Waals surface area contributed by atoms with Gasteiger partial charge in [0.25, 0.3) is 0 Å². The zero-order chi connectivity index (χ0) is 25.3. The lowest BCUT2D eigenvalue weighted by Gasteiger charge is -2.12. The summed E-state index contributed by atoms with van der Waals surface area (Å²) in [4.78, 5) is 25.7. The number of imidazole rings is 1. The topological polar surface area (TPSA) is 97.6 Å². The molecule has 1 amide bonds. The molecule has 0 aliphatic carbocycles. The molecule has 178 valence electrons. The third kappa shape index (κ3) is 4.33. The maximum Gasteiger partial charge on any atom is 0.416 e. The number of carbonyl (C=O) groups is 1. The molecule has 0 atom stereocenters. The van der Waals surface area contributed by atoms with E-state index < -0.39 is 23.3 Å². The summed E-state index contributed by atoms with van der Waals surface area (Å²) >= 11 is 0. The van der Waals surface area contributed by atoms with Crippen molar-refractivity contribution in [3.8, 4) is 28.8 Å². The van der Waals surface area contributed by atoms with Crippen LogP contribution in [0, 0.1) is 18.3 Å². The van der Waals surface area contributed by atoms with Crippen molar-refractivity contribution >= 4 is 5.91 Å². The van der Waals surface area contributed by atoms with Crippen LogP contribution >= 0.6 is 0 Å². The predicted molar refractivity (Wildman–Crippen MR) is 121 cm³/mol. The highest BCUT2D eigenvalue weighted by Crippen LogP contribution is 2.32. The lowest BCUT2D eigenvalue weighted by atomic mass is 10.1. The Morgan fingerprint density at radius 1 is 1.11 bits per heavy atom. The van der Waals surface area contributed by atoms with E-state index in [-0.39, 0.29) is 12.2 Å². The van der Waals surface area contributed by atoms with Crippen molar-refractivity contribution in [3.05, 3.63) is 88.1 Å². The van der Waals surface area contributed by atoms with Crippen LogP contribution in [0.2, 0.25) is 0 Å². The molecular weight excluding hydrogens is 461 g/mol. The molecule has 0 unspecified atom stereocenters. The number of rotatable bonds is 5. The van der Waals surface area contributed by atoms with Gasteiger partial charge in [0.2, 0.25) is 5.91 Å². The van der Waals surface area contributed by atoms with E-state index >= 15 is 0 Å². The second-order valence-electron chi connectivity index (χ2n) is 7.65. The molecule has 0 saturated carbocycles. The molecule has 11 heteroatoms. The average Bonchev–Trinajstić information content (AvgIpc) is 3.41. The zero-order valence-electron chi connectivity index (χ0n) is 18.7. The molecule has 0 saturated heterocycles. The van der Waals surface area contributed by atoms with Crippen LogP contribution in [0.1, 0.15) is 16.8 Å². The van der Waals surface area contributed by atoms with Gasteiger partial charge in [0.1, 0.15) is 6.54 Å². The summed E-state index contributed by atoms with van der Waals surface area (Å²) in [5.74, 6) is -0.459. The standard InChI is InChI=1S/C24H19F3N6O2/c1-15-22(20-10-11-30-33(20)18-8-6-16(13-28)7-9-18)31(14-21(34)29-2)23(35)32(15)19-5-3-4-17(12-19)24(25,26)27/h3-12H,14H2,1-2H3,(H,29,34). The molecule has 0 fully saturated rings. The van der Waals surface area contributed by atoms with E-state index in [2.05, 4.69) is 10.4 Å². The molecule has 4 rings (SSSR count). The Morgan fingerprint density at radius 2 is 1.83 bits per heavy atom. The maximum absolute atomic E-state index is 13.4. The summed E-state index contributed by atoms with van der Waals surface area (Å²) in [6.07, 6.45) is -3.08. The van der Waals surface area contributed by atoms with E-state index in [1.807, 2.05) is 6.07 Å². The first-order chi connectivity index (χ1) is 16.7. The highest BCUT2D eigenvalue weighted by atomic mass is 19.4. The Bertz CT molecular complexity index is 1500. The predicted octanol–water partition coefficient (Wildman–Crippen LogP) is 3.44. The van der Waals surface area contributed by atoms with Gasteiger partial charge in [0, 0.05) is 7.05 Å². The number of aromatic nitrogens is 4. The Hall–Kier alpha value is -4.59. The quantitative estimate of drug-likeness (QED) is 0.473. The summed E-state index contributed by atoms with van der Waals surface area (Å²) in [5, 5.41) is 15.8. The smallest absolute Gasteiger partial charge is 0.358 e. The number of nitrogens with one attached hydrogen (secondary N) is 1. The minimum atomic E-state index is -4.59. The maximum atomic E-state index is 13.4. The minimum Gasteiger partial charge on any atom is -0.358 e. The van der Waals surface area contributed by atoms with Crippen molar-refractivity contribution < 1.29 is 18.0 Å². The van der Waals surface area contributed by atoms with Gasteiger partial charge >= 0.3 is 11.9 Å². The Labute approximate surface area is 197 Å². The number of benzene rings is 2. The lowest BCUT2D eigenvalue weighted by molar-refractivity contribution is -0.137. The third-order valence-corrected chi connectivity index (χ3v) is 5.51. The van der Waals surface area contributed by atoms with Crippen LogP contribution in [-0.4, -0.2) is 31.9 Å². The summed E-state index contributed by atoms with van der Waals surface area (Å²) in [5.41, 5.74) is 0.576. The van der Waals surface area contributed by atoms with Crippen molar-refractivity contribution in [2.75, 3.05) is 7.05 Å². The molecule has 1 N–H and O–H groups in total. The highest BCUT2D eigenvalue weighted by molar-refractivity contribution is 5.76. The first kappa shape index (κ1) is 23.6. The molecule has 35 heavy (non-hydrogen) atoms. The number of amides is 1. The monoisotopic (exact) mass is 480 g/mol. The van der Waals surface area contributed by atoms with E-state index in [1.54, 1.807) is 37.3 Å². The molecule has 2 aromatic carbocycles. The Kier molecular flexibility index (Phi) is 6.05. The number of hydrogen-bond acceptors (Lipinski definition) is 4. The SMILES string of the molecule is CNC(=O)Cn1c(-c2ccnn2-c2ccc(C#N)cc2)c(C)n(-c2cccc(C(F)(F)F)c2)c1=O. The van der Waals surface area contributed by atoms with Crippen LogP contribution in [0.3, 0.4) is 0 Å². The summed E-state index contributed by atoms with van der Waals surface area (Å²) in [6.45, 7) is 1.24. The van der Waals surface area contributed by atoms with Gasteiger partial charge in [-0.05, 0) is 55.5 Å². The first-order valence-electron chi connectivity index (χ1n) is 10.4. The molecule has 4 aromatic rings. The van der Waals surface area contributed by atoms with Crippen molar-refractivity contribution in [3.63, 3.8) is 0 Å². The number of nitriles is 1. The van der Waals surface area contributed by atoms with Gasteiger partial charge in [-0.3, -0.25) is 13.9 Å². The first-order valence-corrected chi connectivity index (χ1v) is 10.4. The van der Waals surface area contributed by atoms with Crippen LogP contribution in [-0.2, 0) is 17.5 Å².